The Kier molecular flexibility index (Phi) is 6.18. The van der Waals surface area contributed by atoms with E-state index in [2.05, 4.69) is 0 Å². The SMILES string of the molecule is O=C(c1cc(-c2ccc(Cl)cc2)nn1-c1ccccc1)N1CCN(C(=O)C2CCCC2)CC1. The van der Waals surface area contributed by atoms with Crippen molar-refractivity contribution in [2.45, 2.75) is 25.7 Å². The van der Waals surface area contributed by atoms with Crippen molar-refractivity contribution in [2.75, 3.05) is 26.2 Å². The second-order valence-corrected chi connectivity index (χ2v) is 9.20. The molecule has 2 fully saturated rings. The summed E-state index contributed by atoms with van der Waals surface area (Å²) in [5.74, 6) is 0.368. The minimum Gasteiger partial charge on any atom is -0.339 e. The second kappa shape index (κ2) is 9.40. The molecular weight excluding hydrogens is 436 g/mol. The Morgan fingerprint density at radius 1 is 0.848 bits per heavy atom. The quantitative estimate of drug-likeness (QED) is 0.566. The highest BCUT2D eigenvalue weighted by molar-refractivity contribution is 6.30. The van der Waals surface area contributed by atoms with Crippen LogP contribution in [0.1, 0.15) is 36.2 Å². The summed E-state index contributed by atoms with van der Waals surface area (Å²) in [6.45, 7) is 2.25. The number of rotatable bonds is 4. The normalized spacial score (nSPS) is 16.9. The van der Waals surface area contributed by atoms with E-state index in [9.17, 15) is 9.59 Å². The van der Waals surface area contributed by atoms with E-state index in [0.29, 0.717) is 42.6 Å². The predicted octanol–water partition coefficient (Wildman–Crippen LogP) is 4.67. The fourth-order valence-electron chi connectivity index (χ4n) is 4.78. The molecule has 1 saturated carbocycles. The Hall–Kier alpha value is -3.12. The number of piperazine rings is 1. The van der Waals surface area contributed by atoms with E-state index in [1.165, 1.54) is 0 Å². The number of carbonyl (C=O) groups excluding carboxylic acids is 2. The first-order chi connectivity index (χ1) is 16.1. The molecule has 7 heteroatoms. The Morgan fingerprint density at radius 2 is 1.48 bits per heavy atom. The molecular formula is C26H27ClN4O2. The number of aromatic nitrogens is 2. The van der Waals surface area contributed by atoms with Crippen LogP contribution < -0.4 is 0 Å². The van der Waals surface area contributed by atoms with Gasteiger partial charge in [-0.3, -0.25) is 9.59 Å². The van der Waals surface area contributed by atoms with Gasteiger partial charge in [0.25, 0.3) is 5.91 Å². The van der Waals surface area contributed by atoms with E-state index in [-0.39, 0.29) is 17.7 Å². The van der Waals surface area contributed by atoms with Gasteiger partial charge in [-0.1, -0.05) is 54.8 Å². The zero-order valence-corrected chi connectivity index (χ0v) is 19.2. The lowest BCUT2D eigenvalue weighted by Crippen LogP contribution is -2.52. The number of carbonyl (C=O) groups is 2. The molecule has 0 spiro atoms. The number of para-hydroxylation sites is 1. The van der Waals surface area contributed by atoms with E-state index in [0.717, 1.165) is 36.9 Å². The van der Waals surface area contributed by atoms with Crippen molar-refractivity contribution in [3.63, 3.8) is 0 Å². The van der Waals surface area contributed by atoms with E-state index < -0.39 is 0 Å². The van der Waals surface area contributed by atoms with E-state index in [1.807, 2.05) is 70.5 Å². The molecule has 0 radical (unpaired) electrons. The van der Waals surface area contributed by atoms with Crippen molar-refractivity contribution in [3.05, 3.63) is 71.4 Å². The van der Waals surface area contributed by atoms with Crippen LogP contribution >= 0.6 is 11.6 Å². The monoisotopic (exact) mass is 462 g/mol. The van der Waals surface area contributed by atoms with Crippen LogP contribution in [0.2, 0.25) is 5.02 Å². The highest BCUT2D eigenvalue weighted by atomic mass is 35.5. The summed E-state index contributed by atoms with van der Waals surface area (Å²) < 4.78 is 1.71. The minimum atomic E-state index is -0.0699. The first-order valence-electron chi connectivity index (χ1n) is 11.6. The molecule has 3 aromatic rings. The zero-order chi connectivity index (χ0) is 22.8. The van der Waals surface area contributed by atoms with Gasteiger partial charge in [0, 0.05) is 42.7 Å². The molecule has 1 aliphatic heterocycles. The van der Waals surface area contributed by atoms with Crippen LogP contribution in [-0.2, 0) is 4.79 Å². The Morgan fingerprint density at radius 3 is 2.15 bits per heavy atom. The van der Waals surface area contributed by atoms with Gasteiger partial charge in [-0.05, 0) is 43.2 Å². The standard InChI is InChI=1S/C26H27ClN4O2/c27-21-12-10-19(11-13-21)23-18-24(31(28-23)22-8-2-1-3-9-22)26(33)30-16-14-29(15-17-30)25(32)20-6-4-5-7-20/h1-3,8-13,18,20H,4-7,14-17H2. The van der Waals surface area contributed by atoms with Gasteiger partial charge in [-0.2, -0.15) is 5.10 Å². The van der Waals surface area contributed by atoms with Gasteiger partial charge in [0.05, 0.1) is 11.4 Å². The lowest BCUT2D eigenvalue weighted by Gasteiger charge is -2.36. The van der Waals surface area contributed by atoms with Crippen LogP contribution in [0.3, 0.4) is 0 Å². The maximum absolute atomic E-state index is 13.6. The first kappa shape index (κ1) is 21.7. The van der Waals surface area contributed by atoms with Crippen molar-refractivity contribution < 1.29 is 9.59 Å². The second-order valence-electron chi connectivity index (χ2n) is 8.77. The molecule has 2 amide bonds. The molecule has 6 nitrogen and oxygen atoms in total. The van der Waals surface area contributed by atoms with Gasteiger partial charge in [-0.25, -0.2) is 4.68 Å². The Balaban J connectivity index is 1.38. The van der Waals surface area contributed by atoms with Gasteiger partial charge in [0.1, 0.15) is 5.69 Å². The van der Waals surface area contributed by atoms with E-state index in [1.54, 1.807) is 4.68 Å². The Labute approximate surface area is 198 Å². The molecule has 1 saturated heterocycles. The van der Waals surface area contributed by atoms with Crippen LogP contribution in [0, 0.1) is 5.92 Å². The summed E-state index contributed by atoms with van der Waals surface area (Å²) in [6, 6.07) is 19.0. The third-order valence-electron chi connectivity index (χ3n) is 6.65. The predicted molar refractivity (Wildman–Crippen MR) is 128 cm³/mol. The average molecular weight is 463 g/mol. The smallest absolute Gasteiger partial charge is 0.272 e. The lowest BCUT2D eigenvalue weighted by atomic mass is 10.1. The van der Waals surface area contributed by atoms with Crippen LogP contribution in [0.5, 0.6) is 0 Å². The molecule has 33 heavy (non-hydrogen) atoms. The number of benzene rings is 2. The van der Waals surface area contributed by atoms with Crippen LogP contribution in [0.4, 0.5) is 0 Å². The van der Waals surface area contributed by atoms with Gasteiger partial charge in [0.2, 0.25) is 5.91 Å². The summed E-state index contributed by atoms with van der Waals surface area (Å²) in [4.78, 5) is 30.1. The van der Waals surface area contributed by atoms with Crippen LogP contribution in [-0.4, -0.2) is 57.6 Å². The summed E-state index contributed by atoms with van der Waals surface area (Å²) in [6.07, 6.45) is 4.30. The molecule has 0 unspecified atom stereocenters. The maximum Gasteiger partial charge on any atom is 0.272 e. The highest BCUT2D eigenvalue weighted by Gasteiger charge is 2.31. The molecule has 0 atom stereocenters. The minimum absolute atomic E-state index is 0.0699. The molecule has 5 rings (SSSR count). The number of hydrogen-bond acceptors (Lipinski definition) is 3. The first-order valence-corrected chi connectivity index (χ1v) is 12.0. The van der Waals surface area contributed by atoms with Crippen molar-refractivity contribution >= 4 is 23.4 Å². The zero-order valence-electron chi connectivity index (χ0n) is 18.5. The van der Waals surface area contributed by atoms with Gasteiger partial charge in [0.15, 0.2) is 0 Å². The Bertz CT molecular complexity index is 1130. The van der Waals surface area contributed by atoms with Crippen molar-refractivity contribution in [1.29, 1.82) is 0 Å². The molecule has 2 aromatic carbocycles. The summed E-state index contributed by atoms with van der Waals surface area (Å²) >= 11 is 6.04. The number of halogens is 1. The number of amides is 2. The highest BCUT2D eigenvalue weighted by Crippen LogP contribution is 2.28. The number of hydrogen-bond donors (Lipinski definition) is 0. The third-order valence-corrected chi connectivity index (χ3v) is 6.90. The van der Waals surface area contributed by atoms with E-state index in [4.69, 9.17) is 16.7 Å². The van der Waals surface area contributed by atoms with Crippen molar-refractivity contribution in [3.8, 4) is 16.9 Å². The van der Waals surface area contributed by atoms with Gasteiger partial charge >= 0.3 is 0 Å². The largest absolute Gasteiger partial charge is 0.339 e. The molecule has 0 bridgehead atoms. The average Bonchev–Trinajstić information content (AvgIpc) is 3.55. The molecule has 170 valence electrons. The summed E-state index contributed by atoms with van der Waals surface area (Å²) in [7, 11) is 0. The van der Waals surface area contributed by atoms with Crippen molar-refractivity contribution in [1.82, 2.24) is 19.6 Å². The molecule has 2 aliphatic rings. The van der Waals surface area contributed by atoms with Gasteiger partial charge < -0.3 is 9.80 Å². The van der Waals surface area contributed by atoms with Gasteiger partial charge in [-0.15, -0.1) is 0 Å². The van der Waals surface area contributed by atoms with Crippen LogP contribution in [0.15, 0.2) is 60.7 Å². The fourth-order valence-corrected chi connectivity index (χ4v) is 4.91. The van der Waals surface area contributed by atoms with Crippen LogP contribution in [0.25, 0.3) is 16.9 Å². The summed E-state index contributed by atoms with van der Waals surface area (Å²) in [5, 5.41) is 5.41. The molecule has 2 heterocycles. The lowest BCUT2D eigenvalue weighted by molar-refractivity contribution is -0.136. The maximum atomic E-state index is 13.6. The van der Waals surface area contributed by atoms with E-state index >= 15 is 0 Å². The molecule has 1 aromatic heterocycles. The number of nitrogens with zero attached hydrogens (tertiary/aromatic N) is 4. The topological polar surface area (TPSA) is 58.4 Å². The van der Waals surface area contributed by atoms with Crippen molar-refractivity contribution in [2.24, 2.45) is 5.92 Å². The molecule has 1 aliphatic carbocycles. The third kappa shape index (κ3) is 4.53. The fraction of sp³-hybridized carbons (Fsp3) is 0.346. The summed E-state index contributed by atoms with van der Waals surface area (Å²) in [5.41, 5.74) is 2.96. The molecule has 0 N–H and O–H groups in total.